The summed E-state index contributed by atoms with van der Waals surface area (Å²) in [5.74, 6) is -1.31. The Kier molecular flexibility index (Phi) is 5.76. The first-order chi connectivity index (χ1) is 12.3. The van der Waals surface area contributed by atoms with E-state index in [9.17, 15) is 14.4 Å². The smallest absolute Gasteiger partial charge is 0.340 e. The van der Waals surface area contributed by atoms with Crippen LogP contribution in [0, 0.1) is 13.8 Å². The fraction of sp³-hybridized carbons (Fsp3) is 0.333. The largest absolute Gasteiger partial charge is 0.481 e. The molecular weight excluding hydrogens is 340 g/mol. The molecule has 8 heteroatoms. The van der Waals surface area contributed by atoms with E-state index in [-0.39, 0.29) is 11.3 Å². The first-order valence-electron chi connectivity index (χ1n) is 7.82. The number of Topliss-reactive ketones (excluding diaryl/α,β-unsaturated/α-hetero) is 1. The lowest BCUT2D eigenvalue weighted by atomic mass is 10.1. The first kappa shape index (κ1) is 19.2. The molecule has 0 amide bonds. The Morgan fingerprint density at radius 3 is 2.35 bits per heavy atom. The standard InChI is InChI=1S/C18H20N2O6/c1-9-14(18(23)25-5)10(2)20-15(9)16(21)11(3)26-17(22)12-6-7-13(24-4)19-8-12/h6-8,11,20H,1-5H3. The molecule has 0 aliphatic rings. The number of carbonyl (C=O) groups is 3. The van der Waals surface area contributed by atoms with Crippen molar-refractivity contribution >= 4 is 17.7 Å². The minimum absolute atomic E-state index is 0.195. The van der Waals surface area contributed by atoms with Gasteiger partial charge in [-0.1, -0.05) is 0 Å². The van der Waals surface area contributed by atoms with Crippen molar-refractivity contribution in [1.82, 2.24) is 9.97 Å². The first-order valence-corrected chi connectivity index (χ1v) is 7.82. The van der Waals surface area contributed by atoms with Crippen LogP contribution in [0.2, 0.25) is 0 Å². The molecule has 138 valence electrons. The Labute approximate surface area is 150 Å². The van der Waals surface area contributed by atoms with E-state index in [1.165, 1.54) is 39.5 Å². The number of aryl methyl sites for hydroxylation is 1. The van der Waals surface area contributed by atoms with Gasteiger partial charge in [0.05, 0.1) is 31.0 Å². The number of nitrogens with one attached hydrogen (secondary N) is 1. The van der Waals surface area contributed by atoms with E-state index in [1.807, 2.05) is 0 Å². The second-order valence-electron chi connectivity index (χ2n) is 5.62. The average molecular weight is 360 g/mol. The second-order valence-corrected chi connectivity index (χ2v) is 5.62. The molecule has 26 heavy (non-hydrogen) atoms. The lowest BCUT2D eigenvalue weighted by molar-refractivity contribution is 0.0316. The van der Waals surface area contributed by atoms with Crippen LogP contribution in [0.1, 0.15) is 49.4 Å². The van der Waals surface area contributed by atoms with Crippen LogP contribution in [-0.4, -0.2) is 48.0 Å². The van der Waals surface area contributed by atoms with Crippen molar-refractivity contribution in [1.29, 1.82) is 0 Å². The third-order valence-corrected chi connectivity index (χ3v) is 3.91. The Morgan fingerprint density at radius 2 is 1.81 bits per heavy atom. The molecule has 1 atom stereocenters. The molecule has 2 aromatic rings. The molecule has 0 spiro atoms. The van der Waals surface area contributed by atoms with E-state index in [1.54, 1.807) is 13.8 Å². The highest BCUT2D eigenvalue weighted by Gasteiger charge is 2.27. The summed E-state index contributed by atoms with van der Waals surface area (Å²) in [6, 6.07) is 3.01. The number of ether oxygens (including phenoxy) is 3. The van der Waals surface area contributed by atoms with Gasteiger partial charge in [-0.05, 0) is 32.4 Å². The summed E-state index contributed by atoms with van der Waals surface area (Å²) in [4.78, 5) is 43.4. The zero-order chi connectivity index (χ0) is 19.4. The van der Waals surface area contributed by atoms with Crippen LogP contribution in [0.3, 0.4) is 0 Å². The van der Waals surface area contributed by atoms with E-state index in [4.69, 9.17) is 14.2 Å². The number of methoxy groups -OCH3 is 2. The van der Waals surface area contributed by atoms with Crippen molar-refractivity contribution < 1.29 is 28.6 Å². The van der Waals surface area contributed by atoms with Crippen LogP contribution in [0.4, 0.5) is 0 Å². The third-order valence-electron chi connectivity index (χ3n) is 3.91. The second kappa shape index (κ2) is 7.81. The Hall–Kier alpha value is -3.16. The Balaban J connectivity index is 2.16. The van der Waals surface area contributed by atoms with Crippen molar-refractivity contribution in [2.75, 3.05) is 14.2 Å². The minimum atomic E-state index is -1.05. The van der Waals surface area contributed by atoms with Crippen molar-refractivity contribution in [2.45, 2.75) is 26.9 Å². The lowest BCUT2D eigenvalue weighted by Crippen LogP contribution is -2.25. The minimum Gasteiger partial charge on any atom is -0.481 e. The van der Waals surface area contributed by atoms with Crippen LogP contribution in [0.15, 0.2) is 18.3 Å². The molecule has 0 saturated heterocycles. The van der Waals surface area contributed by atoms with Gasteiger partial charge in [-0.2, -0.15) is 0 Å². The third kappa shape index (κ3) is 3.74. The number of nitrogens with zero attached hydrogens (tertiary/aromatic N) is 1. The zero-order valence-corrected chi connectivity index (χ0v) is 15.2. The van der Waals surface area contributed by atoms with Crippen molar-refractivity contribution in [3.63, 3.8) is 0 Å². The molecule has 0 aromatic carbocycles. The molecule has 2 heterocycles. The van der Waals surface area contributed by atoms with Gasteiger partial charge in [0.2, 0.25) is 11.7 Å². The van der Waals surface area contributed by atoms with Crippen LogP contribution in [0.5, 0.6) is 5.88 Å². The van der Waals surface area contributed by atoms with E-state index >= 15 is 0 Å². The number of esters is 2. The molecule has 8 nitrogen and oxygen atoms in total. The highest BCUT2D eigenvalue weighted by atomic mass is 16.5. The summed E-state index contributed by atoms with van der Waals surface area (Å²) in [6.45, 7) is 4.76. The average Bonchev–Trinajstić information content (AvgIpc) is 2.94. The van der Waals surface area contributed by atoms with Gasteiger partial charge in [-0.15, -0.1) is 0 Å². The van der Waals surface area contributed by atoms with Crippen LogP contribution in [-0.2, 0) is 9.47 Å². The number of ketones is 1. The van der Waals surface area contributed by atoms with E-state index < -0.39 is 23.8 Å². The van der Waals surface area contributed by atoms with Gasteiger partial charge in [-0.25, -0.2) is 14.6 Å². The van der Waals surface area contributed by atoms with Crippen molar-refractivity contribution in [3.8, 4) is 5.88 Å². The molecule has 1 N–H and O–H groups in total. The number of rotatable bonds is 6. The number of aromatic amines is 1. The molecule has 0 bridgehead atoms. The fourth-order valence-corrected chi connectivity index (χ4v) is 2.51. The van der Waals surface area contributed by atoms with Gasteiger partial charge in [0.25, 0.3) is 0 Å². The van der Waals surface area contributed by atoms with Gasteiger partial charge in [0, 0.05) is 18.0 Å². The maximum absolute atomic E-state index is 12.6. The maximum atomic E-state index is 12.6. The molecular formula is C18H20N2O6. The number of H-pyrrole nitrogens is 1. The molecule has 1 unspecified atom stereocenters. The summed E-state index contributed by atoms with van der Waals surface area (Å²) in [6.07, 6.45) is 0.254. The molecule has 0 aliphatic heterocycles. The van der Waals surface area contributed by atoms with E-state index in [0.29, 0.717) is 22.7 Å². The summed E-state index contributed by atoms with van der Waals surface area (Å²) in [5, 5.41) is 0. The summed E-state index contributed by atoms with van der Waals surface area (Å²) >= 11 is 0. The van der Waals surface area contributed by atoms with Crippen molar-refractivity contribution in [2.24, 2.45) is 0 Å². The Bertz CT molecular complexity index is 838. The number of aromatic nitrogens is 2. The van der Waals surface area contributed by atoms with E-state index in [0.717, 1.165) is 0 Å². The van der Waals surface area contributed by atoms with E-state index in [2.05, 4.69) is 9.97 Å². The molecule has 0 aliphatic carbocycles. The topological polar surface area (TPSA) is 108 Å². The highest BCUT2D eigenvalue weighted by Crippen LogP contribution is 2.21. The highest BCUT2D eigenvalue weighted by molar-refractivity contribution is 6.04. The molecule has 0 saturated carbocycles. The van der Waals surface area contributed by atoms with Gasteiger partial charge < -0.3 is 19.2 Å². The maximum Gasteiger partial charge on any atom is 0.340 e. The van der Waals surface area contributed by atoms with Crippen LogP contribution in [0.25, 0.3) is 0 Å². The lowest BCUT2D eigenvalue weighted by Gasteiger charge is -2.12. The fourth-order valence-electron chi connectivity index (χ4n) is 2.51. The number of hydrogen-bond acceptors (Lipinski definition) is 7. The quantitative estimate of drug-likeness (QED) is 0.622. The molecule has 0 fully saturated rings. The van der Waals surface area contributed by atoms with Gasteiger partial charge in [-0.3, -0.25) is 4.79 Å². The molecule has 0 radical (unpaired) electrons. The normalized spacial score (nSPS) is 11.6. The molecule has 2 aromatic heterocycles. The van der Waals surface area contributed by atoms with Crippen LogP contribution >= 0.6 is 0 Å². The summed E-state index contributed by atoms with van der Waals surface area (Å²) in [7, 11) is 2.73. The van der Waals surface area contributed by atoms with Gasteiger partial charge in [0.15, 0.2) is 6.10 Å². The SMILES string of the molecule is COC(=O)c1c(C)[nH]c(C(=O)C(C)OC(=O)c2ccc(OC)nc2)c1C. The predicted molar refractivity (Wildman–Crippen MR) is 91.6 cm³/mol. The summed E-state index contributed by atoms with van der Waals surface area (Å²) in [5.41, 5.74) is 1.66. The monoisotopic (exact) mass is 360 g/mol. The predicted octanol–water partition coefficient (Wildman–Crippen LogP) is 2.25. The summed E-state index contributed by atoms with van der Waals surface area (Å²) < 4.78 is 14.9. The zero-order valence-electron chi connectivity index (χ0n) is 15.2. The molecule has 2 rings (SSSR count). The number of hydrogen-bond donors (Lipinski definition) is 1. The number of pyridine rings is 1. The van der Waals surface area contributed by atoms with Gasteiger partial charge >= 0.3 is 11.9 Å². The number of carbonyl (C=O) groups excluding carboxylic acids is 3. The van der Waals surface area contributed by atoms with Gasteiger partial charge in [0.1, 0.15) is 0 Å². The van der Waals surface area contributed by atoms with Crippen molar-refractivity contribution in [3.05, 3.63) is 46.4 Å². The van der Waals surface area contributed by atoms with Crippen LogP contribution < -0.4 is 4.74 Å². The Morgan fingerprint density at radius 1 is 1.12 bits per heavy atom.